The molecule has 2 aromatic rings. The average Bonchev–Trinajstić information content (AvgIpc) is 2.76. The smallest absolute Gasteiger partial charge is 0.185 e. The van der Waals surface area contributed by atoms with E-state index in [2.05, 4.69) is 0 Å². The molecule has 3 rings (SSSR count). The summed E-state index contributed by atoms with van der Waals surface area (Å²) in [4.78, 5) is 12.5. The molecule has 0 amide bonds. The van der Waals surface area contributed by atoms with E-state index in [-0.39, 0.29) is 28.4 Å². The summed E-state index contributed by atoms with van der Waals surface area (Å²) >= 11 is 0. The summed E-state index contributed by atoms with van der Waals surface area (Å²) in [6.45, 7) is -1.01. The van der Waals surface area contributed by atoms with Gasteiger partial charge < -0.3 is 35.0 Å². The summed E-state index contributed by atoms with van der Waals surface area (Å²) in [5.41, 5.74) is -1.46. The molecule has 4 atom stereocenters. The van der Waals surface area contributed by atoms with Crippen molar-refractivity contribution in [2.75, 3.05) is 20.3 Å². The van der Waals surface area contributed by atoms with Crippen molar-refractivity contribution in [1.29, 1.82) is 0 Å². The highest BCUT2D eigenvalue weighted by atomic mass is 16.5. The van der Waals surface area contributed by atoms with Crippen molar-refractivity contribution < 1.29 is 39.8 Å². The van der Waals surface area contributed by atoms with Gasteiger partial charge in [0.1, 0.15) is 35.4 Å². The maximum atomic E-state index is 12.5. The van der Waals surface area contributed by atoms with Gasteiger partial charge in [0.15, 0.2) is 5.78 Å². The highest BCUT2D eigenvalue weighted by molar-refractivity contribution is 6.07. The van der Waals surface area contributed by atoms with Gasteiger partial charge in [0, 0.05) is 22.8 Å². The van der Waals surface area contributed by atoms with Gasteiger partial charge in [-0.3, -0.25) is 4.79 Å². The minimum Gasteiger partial charge on any atom is -0.508 e. The van der Waals surface area contributed by atoms with Crippen molar-refractivity contribution in [3.8, 4) is 11.5 Å². The van der Waals surface area contributed by atoms with Crippen molar-refractivity contribution >= 4 is 11.9 Å². The van der Waals surface area contributed by atoms with E-state index < -0.39 is 37.1 Å². The number of aliphatic hydroxyl groups excluding tert-OH is 3. The predicted molar refractivity (Wildman–Crippen MR) is 107 cm³/mol. The zero-order chi connectivity index (χ0) is 21.9. The number of rotatable bonds is 6. The fourth-order valence-corrected chi connectivity index (χ4v) is 3.47. The first-order valence-corrected chi connectivity index (χ1v) is 9.31. The second-order valence-electron chi connectivity index (χ2n) is 7.06. The Kier molecular flexibility index (Phi) is 6.55. The molecule has 0 aromatic heterocycles. The molecule has 1 saturated heterocycles. The zero-order valence-electron chi connectivity index (χ0n) is 16.3. The molecule has 0 bridgehead atoms. The topological polar surface area (TPSA) is 137 Å². The quantitative estimate of drug-likeness (QED) is 0.341. The number of methoxy groups -OCH3 is 1. The van der Waals surface area contributed by atoms with Crippen LogP contribution in [0.2, 0.25) is 0 Å². The zero-order valence-corrected chi connectivity index (χ0v) is 16.3. The molecular weight excluding hydrogens is 392 g/mol. The fourth-order valence-electron chi connectivity index (χ4n) is 3.47. The molecule has 0 radical (unpaired) electrons. The molecule has 0 spiro atoms. The Morgan fingerprint density at radius 3 is 2.60 bits per heavy atom. The summed E-state index contributed by atoms with van der Waals surface area (Å²) in [5.74, 6) is -0.418. The fraction of sp³-hybridized carbons (Fsp3) is 0.318. The van der Waals surface area contributed by atoms with E-state index in [1.54, 1.807) is 30.3 Å². The van der Waals surface area contributed by atoms with Gasteiger partial charge in [0.2, 0.25) is 0 Å². The van der Waals surface area contributed by atoms with E-state index in [1.807, 2.05) is 0 Å². The second kappa shape index (κ2) is 8.95. The maximum Gasteiger partial charge on any atom is 0.185 e. The summed E-state index contributed by atoms with van der Waals surface area (Å²) in [6.07, 6.45) is -1.70. The first-order chi connectivity index (χ1) is 14.3. The summed E-state index contributed by atoms with van der Waals surface area (Å²) < 4.78 is 10.6. The van der Waals surface area contributed by atoms with Crippen LogP contribution in [0, 0.1) is 0 Å². The van der Waals surface area contributed by atoms with Crippen molar-refractivity contribution in [2.24, 2.45) is 0 Å². The van der Waals surface area contributed by atoms with Gasteiger partial charge in [-0.25, -0.2) is 0 Å². The largest absolute Gasteiger partial charge is 0.508 e. The Labute approximate surface area is 173 Å². The van der Waals surface area contributed by atoms with Gasteiger partial charge in [0.25, 0.3) is 0 Å². The first kappa shape index (κ1) is 21.9. The standard InChI is InChI=1S/C22H24O8/c1-29-18-10-14(24)9-16(22(28)12-30-19(11-23)20(26)21(22)27)15(18)7-8-17(25)13-5-3-2-4-6-13/h2-10,19-21,23-24,26-28H,11-12H2,1H3/t19-,20-,21+,22+/m1/s1. The van der Waals surface area contributed by atoms with Gasteiger partial charge in [-0.15, -0.1) is 0 Å². The SMILES string of the molecule is COc1cc(O)cc([C@@]2(O)CO[C@H](CO)[C@@H](O)[C@@H]2O)c1C=CC(=O)c1ccccc1. The third-order valence-electron chi connectivity index (χ3n) is 5.16. The van der Waals surface area contributed by atoms with E-state index in [0.29, 0.717) is 5.56 Å². The van der Waals surface area contributed by atoms with Crippen LogP contribution in [0.5, 0.6) is 11.5 Å². The number of hydrogen-bond donors (Lipinski definition) is 5. The number of carbonyl (C=O) groups is 1. The Morgan fingerprint density at radius 2 is 1.97 bits per heavy atom. The highest BCUT2D eigenvalue weighted by Crippen LogP contribution is 2.41. The summed E-state index contributed by atoms with van der Waals surface area (Å²) in [6, 6.07) is 11.0. The third-order valence-corrected chi connectivity index (χ3v) is 5.16. The lowest BCUT2D eigenvalue weighted by molar-refractivity contribution is -0.245. The van der Waals surface area contributed by atoms with Crippen molar-refractivity contribution in [1.82, 2.24) is 0 Å². The van der Waals surface area contributed by atoms with Crippen LogP contribution in [0.1, 0.15) is 21.5 Å². The number of benzene rings is 2. The van der Waals surface area contributed by atoms with Gasteiger partial charge in [-0.05, 0) is 18.2 Å². The lowest BCUT2D eigenvalue weighted by Crippen LogP contribution is -2.60. The molecule has 0 unspecified atom stereocenters. The average molecular weight is 416 g/mol. The van der Waals surface area contributed by atoms with Crippen LogP contribution in [-0.4, -0.2) is 70.0 Å². The van der Waals surface area contributed by atoms with Crippen LogP contribution < -0.4 is 4.74 Å². The summed E-state index contributed by atoms with van der Waals surface area (Å²) in [5, 5.41) is 51.4. The van der Waals surface area contributed by atoms with Crippen LogP contribution in [0.3, 0.4) is 0 Å². The Balaban J connectivity index is 2.06. The molecule has 5 N–H and O–H groups in total. The number of aliphatic hydroxyl groups is 4. The molecule has 8 heteroatoms. The van der Waals surface area contributed by atoms with Crippen LogP contribution in [0.25, 0.3) is 6.08 Å². The number of hydrogen-bond acceptors (Lipinski definition) is 8. The lowest BCUT2D eigenvalue weighted by Gasteiger charge is -2.43. The normalized spacial score (nSPS) is 26.6. The molecule has 1 fully saturated rings. The molecule has 160 valence electrons. The van der Waals surface area contributed by atoms with E-state index in [9.17, 15) is 30.3 Å². The van der Waals surface area contributed by atoms with Crippen LogP contribution >= 0.6 is 0 Å². The van der Waals surface area contributed by atoms with Crippen molar-refractivity contribution in [3.05, 3.63) is 65.2 Å². The molecule has 0 saturated carbocycles. The predicted octanol–water partition coefficient (Wildman–Crippen LogP) is 0.597. The lowest BCUT2D eigenvalue weighted by atomic mass is 9.79. The first-order valence-electron chi connectivity index (χ1n) is 9.31. The Morgan fingerprint density at radius 1 is 1.27 bits per heavy atom. The third kappa shape index (κ3) is 4.09. The van der Waals surface area contributed by atoms with Crippen molar-refractivity contribution in [3.63, 3.8) is 0 Å². The molecule has 1 aliphatic heterocycles. The van der Waals surface area contributed by atoms with Crippen LogP contribution in [0.4, 0.5) is 0 Å². The minimum absolute atomic E-state index is 0.000554. The number of phenols is 1. The van der Waals surface area contributed by atoms with Gasteiger partial charge in [-0.2, -0.15) is 0 Å². The number of ketones is 1. The van der Waals surface area contributed by atoms with Crippen LogP contribution in [-0.2, 0) is 10.3 Å². The Hall–Kier alpha value is -2.75. The second-order valence-corrected chi connectivity index (χ2v) is 7.06. The van der Waals surface area contributed by atoms with Gasteiger partial charge in [0.05, 0.1) is 20.3 Å². The molecule has 0 aliphatic carbocycles. The molecule has 1 heterocycles. The highest BCUT2D eigenvalue weighted by Gasteiger charge is 2.50. The number of carbonyl (C=O) groups excluding carboxylic acids is 1. The monoisotopic (exact) mass is 416 g/mol. The number of ether oxygens (including phenoxy) is 2. The van der Waals surface area contributed by atoms with E-state index in [1.165, 1.54) is 31.4 Å². The molecule has 1 aliphatic rings. The molecular formula is C22H24O8. The van der Waals surface area contributed by atoms with Gasteiger partial charge >= 0.3 is 0 Å². The minimum atomic E-state index is -2.13. The maximum absolute atomic E-state index is 12.5. The van der Waals surface area contributed by atoms with E-state index >= 15 is 0 Å². The molecule has 8 nitrogen and oxygen atoms in total. The van der Waals surface area contributed by atoms with Gasteiger partial charge in [-0.1, -0.05) is 30.3 Å². The Bertz CT molecular complexity index is 926. The number of phenolic OH excluding ortho intramolecular Hbond substituents is 1. The summed E-state index contributed by atoms with van der Waals surface area (Å²) in [7, 11) is 1.35. The van der Waals surface area contributed by atoms with E-state index in [4.69, 9.17) is 9.47 Å². The number of allylic oxidation sites excluding steroid dienone is 1. The molecule has 2 aromatic carbocycles. The molecule has 30 heavy (non-hydrogen) atoms. The van der Waals surface area contributed by atoms with Crippen LogP contribution in [0.15, 0.2) is 48.5 Å². The van der Waals surface area contributed by atoms with E-state index in [0.717, 1.165) is 0 Å². The van der Waals surface area contributed by atoms with Crippen molar-refractivity contribution in [2.45, 2.75) is 23.9 Å². The number of aromatic hydroxyl groups is 1.